The predicted molar refractivity (Wildman–Crippen MR) is 108 cm³/mol. The van der Waals surface area contributed by atoms with Gasteiger partial charge in [0, 0.05) is 18.2 Å². The number of hydrogen-bond donors (Lipinski definition) is 1. The maximum absolute atomic E-state index is 12.9. The zero-order chi connectivity index (χ0) is 19.6. The zero-order valence-electron chi connectivity index (χ0n) is 15.4. The van der Waals surface area contributed by atoms with Crippen LogP contribution in [0.2, 0.25) is 0 Å². The maximum atomic E-state index is 12.9. The molecule has 2 N–H and O–H groups in total. The van der Waals surface area contributed by atoms with Gasteiger partial charge < -0.3 is 10.7 Å². The molecule has 0 bridgehead atoms. The summed E-state index contributed by atoms with van der Waals surface area (Å²) < 4.78 is 24.9. The Balaban J connectivity index is 1.72. The van der Waals surface area contributed by atoms with E-state index in [1.54, 1.807) is 18.0 Å². The van der Waals surface area contributed by atoms with Crippen molar-refractivity contribution in [1.82, 2.24) is 14.6 Å². The molecule has 3 rings (SSSR count). The molecule has 27 heavy (non-hydrogen) atoms. The fraction of sp³-hybridized carbons (Fsp3) is 0.444. The van der Waals surface area contributed by atoms with Crippen LogP contribution in [-0.4, -0.2) is 58.2 Å². The van der Waals surface area contributed by atoms with Gasteiger partial charge in [-0.05, 0) is 20.3 Å². The lowest BCUT2D eigenvalue weighted by Gasteiger charge is -2.29. The Kier molecular flexibility index (Phi) is 5.81. The van der Waals surface area contributed by atoms with E-state index >= 15 is 0 Å². The van der Waals surface area contributed by atoms with Crippen molar-refractivity contribution in [2.24, 2.45) is 0 Å². The Morgan fingerprint density at radius 2 is 2.11 bits per heavy atom. The van der Waals surface area contributed by atoms with Gasteiger partial charge in [0.25, 0.3) is 0 Å². The molecule has 1 fully saturated rings. The Labute approximate surface area is 163 Å². The molecule has 1 aromatic carbocycles. The second kappa shape index (κ2) is 7.93. The molecule has 9 heteroatoms. The van der Waals surface area contributed by atoms with Crippen molar-refractivity contribution in [3.63, 3.8) is 0 Å². The summed E-state index contributed by atoms with van der Waals surface area (Å²) in [6, 6.07) is 9.45. The number of benzene rings is 1. The van der Waals surface area contributed by atoms with Crippen molar-refractivity contribution < 1.29 is 13.2 Å². The summed E-state index contributed by atoms with van der Waals surface area (Å²) >= 11 is 1.28. The third-order valence-corrected chi connectivity index (χ3v) is 7.49. The molecular formula is C18H24N4O3S2. The molecular weight excluding hydrogens is 384 g/mol. The number of carbonyl (C=O) groups is 1. The Bertz CT molecular complexity index is 912. The summed E-state index contributed by atoms with van der Waals surface area (Å²) in [6.07, 6.45) is 2.24. The summed E-state index contributed by atoms with van der Waals surface area (Å²) in [5.74, 6) is 6.13. The molecule has 1 amide bonds. The predicted octanol–water partition coefficient (Wildman–Crippen LogP) is 1.78. The van der Waals surface area contributed by atoms with E-state index < -0.39 is 15.1 Å². The van der Waals surface area contributed by atoms with Crippen LogP contribution >= 0.6 is 11.8 Å². The van der Waals surface area contributed by atoms with E-state index in [2.05, 4.69) is 4.98 Å². The van der Waals surface area contributed by atoms with Crippen LogP contribution in [0.1, 0.15) is 20.3 Å². The first-order valence-electron chi connectivity index (χ1n) is 8.88. The Hall–Kier alpha value is -2.00. The third kappa shape index (κ3) is 4.47. The molecule has 0 aliphatic carbocycles. The van der Waals surface area contributed by atoms with Gasteiger partial charge in [0.1, 0.15) is 0 Å². The SMILES string of the molecule is CCN(C(=O)[C@H](C)Sc1nc(-c2ccccc2)cn1N)[C@@H]1CCS(=O)(=O)C1. The third-order valence-electron chi connectivity index (χ3n) is 4.67. The fourth-order valence-corrected chi connectivity index (χ4v) is 5.88. The van der Waals surface area contributed by atoms with E-state index in [1.165, 1.54) is 16.4 Å². The zero-order valence-corrected chi connectivity index (χ0v) is 17.0. The van der Waals surface area contributed by atoms with E-state index in [9.17, 15) is 13.2 Å². The van der Waals surface area contributed by atoms with Crippen molar-refractivity contribution in [3.05, 3.63) is 36.5 Å². The highest BCUT2D eigenvalue weighted by Gasteiger charge is 2.35. The van der Waals surface area contributed by atoms with Crippen LogP contribution in [-0.2, 0) is 14.6 Å². The number of thioether (sulfide) groups is 1. The highest BCUT2D eigenvalue weighted by molar-refractivity contribution is 8.00. The average Bonchev–Trinajstić information content (AvgIpc) is 3.18. The number of carbonyl (C=O) groups excluding carboxylic acids is 1. The van der Waals surface area contributed by atoms with Gasteiger partial charge >= 0.3 is 0 Å². The van der Waals surface area contributed by atoms with E-state index in [4.69, 9.17) is 5.84 Å². The first-order valence-corrected chi connectivity index (χ1v) is 11.6. The van der Waals surface area contributed by atoms with E-state index in [-0.39, 0.29) is 23.5 Å². The number of nitrogens with zero attached hydrogens (tertiary/aromatic N) is 3. The minimum absolute atomic E-state index is 0.0492. The summed E-state index contributed by atoms with van der Waals surface area (Å²) in [6.45, 7) is 4.16. The van der Waals surface area contributed by atoms with Gasteiger partial charge in [0.2, 0.25) is 5.91 Å². The summed E-state index contributed by atoms with van der Waals surface area (Å²) in [5.41, 5.74) is 1.70. The van der Waals surface area contributed by atoms with Crippen molar-refractivity contribution in [2.45, 2.75) is 36.7 Å². The van der Waals surface area contributed by atoms with Gasteiger partial charge in [-0.1, -0.05) is 42.1 Å². The number of rotatable bonds is 6. The number of aromatic nitrogens is 2. The summed E-state index contributed by atoms with van der Waals surface area (Å²) in [4.78, 5) is 19.1. The van der Waals surface area contributed by atoms with Crippen LogP contribution in [0.4, 0.5) is 0 Å². The molecule has 0 spiro atoms. The Morgan fingerprint density at radius 1 is 1.41 bits per heavy atom. The standard InChI is InChI=1S/C18H24N4O3S2/c1-3-21(15-9-10-27(24,25)12-15)17(23)13(2)26-18-20-16(11-22(18)19)14-7-5-4-6-8-14/h4-8,11,13,15H,3,9-10,12,19H2,1-2H3/t13-,15+/m0/s1. The quantitative estimate of drug-likeness (QED) is 0.578. The van der Waals surface area contributed by atoms with E-state index in [1.807, 2.05) is 37.3 Å². The maximum Gasteiger partial charge on any atom is 0.236 e. The highest BCUT2D eigenvalue weighted by atomic mass is 32.2. The average molecular weight is 409 g/mol. The number of nitrogens with two attached hydrogens (primary N) is 1. The Morgan fingerprint density at radius 3 is 2.70 bits per heavy atom. The monoisotopic (exact) mass is 408 g/mol. The largest absolute Gasteiger partial charge is 0.338 e. The van der Waals surface area contributed by atoms with Crippen molar-refractivity contribution in [2.75, 3.05) is 23.9 Å². The highest BCUT2D eigenvalue weighted by Crippen LogP contribution is 2.28. The molecule has 146 valence electrons. The molecule has 1 aliphatic rings. The van der Waals surface area contributed by atoms with Gasteiger partial charge in [-0.25, -0.2) is 18.1 Å². The lowest BCUT2D eigenvalue weighted by atomic mass is 10.2. The second-order valence-corrected chi connectivity index (χ2v) is 10.2. The van der Waals surface area contributed by atoms with Crippen molar-refractivity contribution in [1.29, 1.82) is 0 Å². The minimum atomic E-state index is -3.04. The normalized spacial score (nSPS) is 19.7. The lowest BCUT2D eigenvalue weighted by Crippen LogP contribution is -2.44. The van der Waals surface area contributed by atoms with Crippen molar-refractivity contribution >= 4 is 27.5 Å². The molecule has 7 nitrogen and oxygen atoms in total. The van der Waals surface area contributed by atoms with Gasteiger partial charge in [-0.3, -0.25) is 4.79 Å². The minimum Gasteiger partial charge on any atom is -0.338 e. The summed E-state index contributed by atoms with van der Waals surface area (Å²) in [7, 11) is -3.04. The van der Waals surface area contributed by atoms with E-state index in [0.717, 1.165) is 11.3 Å². The molecule has 2 heterocycles. The van der Waals surface area contributed by atoms with Gasteiger partial charge in [0.15, 0.2) is 15.0 Å². The number of hydrogen-bond acceptors (Lipinski definition) is 6. The first-order chi connectivity index (χ1) is 12.8. The molecule has 2 aromatic rings. The number of imidazole rings is 1. The topological polar surface area (TPSA) is 98.3 Å². The molecule has 0 radical (unpaired) electrons. The molecule has 1 aromatic heterocycles. The van der Waals surface area contributed by atoms with Crippen LogP contribution in [0.3, 0.4) is 0 Å². The molecule has 0 unspecified atom stereocenters. The van der Waals surface area contributed by atoms with Crippen molar-refractivity contribution in [3.8, 4) is 11.3 Å². The first kappa shape index (κ1) is 19.8. The van der Waals surface area contributed by atoms with Gasteiger partial charge in [-0.2, -0.15) is 0 Å². The van der Waals surface area contributed by atoms with Gasteiger partial charge in [-0.15, -0.1) is 0 Å². The number of sulfone groups is 1. The number of amides is 1. The van der Waals surface area contributed by atoms with Crippen LogP contribution in [0.25, 0.3) is 11.3 Å². The van der Waals surface area contributed by atoms with Crippen LogP contribution in [0.15, 0.2) is 41.7 Å². The molecule has 0 saturated carbocycles. The second-order valence-electron chi connectivity index (χ2n) is 6.62. The molecule has 1 aliphatic heterocycles. The number of nitrogen functional groups attached to an aromatic ring is 1. The fourth-order valence-electron chi connectivity index (χ4n) is 3.27. The van der Waals surface area contributed by atoms with Gasteiger partial charge in [0.05, 0.1) is 28.6 Å². The van der Waals surface area contributed by atoms with Crippen LogP contribution in [0, 0.1) is 0 Å². The van der Waals surface area contributed by atoms with Crippen LogP contribution in [0.5, 0.6) is 0 Å². The lowest BCUT2D eigenvalue weighted by molar-refractivity contribution is -0.131. The smallest absolute Gasteiger partial charge is 0.236 e. The summed E-state index contributed by atoms with van der Waals surface area (Å²) in [5, 5.41) is 0.131. The van der Waals surface area contributed by atoms with Crippen LogP contribution < -0.4 is 5.84 Å². The molecule has 1 saturated heterocycles. The molecule has 2 atom stereocenters. The van der Waals surface area contributed by atoms with E-state index in [0.29, 0.717) is 18.1 Å².